The highest BCUT2D eigenvalue weighted by atomic mass is 15.2. The Morgan fingerprint density at radius 2 is 2.11 bits per heavy atom. The average molecular weight is 131 g/mol. The Labute approximate surface area is 57.0 Å². The lowest BCUT2D eigenvalue weighted by Crippen LogP contribution is -2.40. The number of nitrogens with zero attached hydrogens (tertiary/aromatic N) is 1. The molecule has 0 saturated heterocycles. The second-order valence-corrected chi connectivity index (χ2v) is 2.22. The van der Waals surface area contributed by atoms with E-state index >= 15 is 0 Å². The molecule has 0 aromatic heterocycles. The van der Waals surface area contributed by atoms with Gasteiger partial charge in [-0.05, 0) is 26.6 Å². The fourth-order valence-electron chi connectivity index (χ4n) is 0.626. The fourth-order valence-corrected chi connectivity index (χ4v) is 0.626. The summed E-state index contributed by atoms with van der Waals surface area (Å²) in [7, 11) is 2.00. The van der Waals surface area contributed by atoms with Crippen molar-refractivity contribution in [3.8, 4) is 0 Å². The molecule has 3 nitrogen and oxygen atoms in total. The molecule has 0 amide bonds. The molecule has 4 N–H and O–H groups in total. The zero-order valence-corrected chi connectivity index (χ0v) is 6.30. The molecule has 0 aliphatic rings. The van der Waals surface area contributed by atoms with Gasteiger partial charge in [-0.25, -0.2) is 0 Å². The smallest absolute Gasteiger partial charge is 0.0581 e. The highest BCUT2D eigenvalue weighted by Crippen LogP contribution is 1.90. The minimum atomic E-state index is 0.139. The third kappa shape index (κ3) is 3.46. The second-order valence-electron chi connectivity index (χ2n) is 2.22. The van der Waals surface area contributed by atoms with Crippen LogP contribution in [0.4, 0.5) is 0 Å². The Kier molecular flexibility index (Phi) is 4.67. The summed E-state index contributed by atoms with van der Waals surface area (Å²) in [6, 6.07) is 0. The molecule has 0 aromatic carbocycles. The molecule has 0 spiro atoms. The Bertz CT molecular complexity index is 65.3. The molecule has 0 aliphatic heterocycles. The topological polar surface area (TPSA) is 55.3 Å². The van der Waals surface area contributed by atoms with Crippen molar-refractivity contribution < 1.29 is 0 Å². The zero-order valence-electron chi connectivity index (χ0n) is 6.30. The van der Waals surface area contributed by atoms with E-state index in [-0.39, 0.29) is 6.17 Å². The molecule has 0 aliphatic carbocycles. The summed E-state index contributed by atoms with van der Waals surface area (Å²) in [5, 5.41) is 0. The first-order valence-electron chi connectivity index (χ1n) is 3.38. The maximum absolute atomic E-state index is 5.68. The quantitative estimate of drug-likeness (QED) is 0.509. The van der Waals surface area contributed by atoms with Crippen molar-refractivity contribution in [1.29, 1.82) is 0 Å². The van der Waals surface area contributed by atoms with Crippen molar-refractivity contribution in [3.05, 3.63) is 0 Å². The van der Waals surface area contributed by atoms with Gasteiger partial charge in [-0.3, -0.25) is 4.90 Å². The third-order valence-corrected chi connectivity index (χ3v) is 1.53. The van der Waals surface area contributed by atoms with Gasteiger partial charge >= 0.3 is 0 Å². The van der Waals surface area contributed by atoms with Gasteiger partial charge in [0, 0.05) is 0 Å². The molecule has 9 heavy (non-hydrogen) atoms. The molecule has 0 aromatic rings. The summed E-state index contributed by atoms with van der Waals surface area (Å²) in [4.78, 5) is 2.08. The van der Waals surface area contributed by atoms with Crippen molar-refractivity contribution in [1.82, 2.24) is 4.90 Å². The van der Waals surface area contributed by atoms with Crippen LogP contribution in [-0.2, 0) is 0 Å². The average Bonchev–Trinajstić information content (AvgIpc) is 1.87. The van der Waals surface area contributed by atoms with E-state index in [9.17, 15) is 0 Å². The van der Waals surface area contributed by atoms with Crippen molar-refractivity contribution >= 4 is 0 Å². The molecule has 56 valence electrons. The first-order valence-corrected chi connectivity index (χ1v) is 3.38. The maximum Gasteiger partial charge on any atom is 0.0581 e. The van der Waals surface area contributed by atoms with Gasteiger partial charge in [0.05, 0.1) is 6.17 Å². The number of nitrogens with two attached hydrogens (primary N) is 2. The third-order valence-electron chi connectivity index (χ3n) is 1.53. The summed E-state index contributed by atoms with van der Waals surface area (Å²) in [5.41, 5.74) is 11.0. The van der Waals surface area contributed by atoms with Crippen LogP contribution in [0.1, 0.15) is 13.3 Å². The van der Waals surface area contributed by atoms with Crippen LogP contribution in [0.5, 0.6) is 0 Å². The summed E-state index contributed by atoms with van der Waals surface area (Å²) in [5.74, 6) is 0. The van der Waals surface area contributed by atoms with E-state index < -0.39 is 0 Å². The minimum absolute atomic E-state index is 0.139. The molecule has 0 saturated carbocycles. The van der Waals surface area contributed by atoms with Crippen LogP contribution in [0.2, 0.25) is 0 Å². The SMILES string of the molecule is CCN(C)C(N)CCN. The summed E-state index contributed by atoms with van der Waals surface area (Å²) in [6.07, 6.45) is 1.02. The van der Waals surface area contributed by atoms with Gasteiger partial charge in [-0.2, -0.15) is 0 Å². The monoisotopic (exact) mass is 131 g/mol. The Hall–Kier alpha value is -0.120. The van der Waals surface area contributed by atoms with Gasteiger partial charge in [0.2, 0.25) is 0 Å². The van der Waals surface area contributed by atoms with Gasteiger partial charge in [-0.1, -0.05) is 6.92 Å². The first kappa shape index (κ1) is 8.88. The highest BCUT2D eigenvalue weighted by Gasteiger charge is 2.03. The number of hydrogen-bond acceptors (Lipinski definition) is 3. The van der Waals surface area contributed by atoms with Crippen molar-refractivity contribution in [2.75, 3.05) is 20.1 Å². The van der Waals surface area contributed by atoms with Gasteiger partial charge in [-0.15, -0.1) is 0 Å². The van der Waals surface area contributed by atoms with Gasteiger partial charge in [0.1, 0.15) is 0 Å². The summed E-state index contributed by atoms with van der Waals surface area (Å²) >= 11 is 0. The molecule has 0 rings (SSSR count). The fraction of sp³-hybridized carbons (Fsp3) is 1.00. The van der Waals surface area contributed by atoms with Crippen molar-refractivity contribution in [2.45, 2.75) is 19.5 Å². The number of rotatable bonds is 4. The van der Waals surface area contributed by atoms with E-state index in [0.29, 0.717) is 6.54 Å². The van der Waals surface area contributed by atoms with E-state index in [4.69, 9.17) is 11.5 Å². The van der Waals surface area contributed by atoms with Crippen molar-refractivity contribution in [3.63, 3.8) is 0 Å². The first-order chi connectivity index (χ1) is 4.22. The van der Waals surface area contributed by atoms with Gasteiger partial charge < -0.3 is 11.5 Å². The zero-order chi connectivity index (χ0) is 7.28. The lowest BCUT2D eigenvalue weighted by molar-refractivity contribution is 0.250. The van der Waals surface area contributed by atoms with E-state index in [0.717, 1.165) is 13.0 Å². The van der Waals surface area contributed by atoms with Crippen LogP contribution in [0.3, 0.4) is 0 Å². The molecule has 3 heteroatoms. The second kappa shape index (κ2) is 4.73. The molecule has 1 atom stereocenters. The molecule has 1 unspecified atom stereocenters. The van der Waals surface area contributed by atoms with Gasteiger partial charge in [0.15, 0.2) is 0 Å². The highest BCUT2D eigenvalue weighted by molar-refractivity contribution is 4.59. The lowest BCUT2D eigenvalue weighted by atomic mass is 10.3. The summed E-state index contributed by atoms with van der Waals surface area (Å²) < 4.78 is 0. The Balaban J connectivity index is 3.32. The standard InChI is InChI=1S/C6H17N3/c1-3-9(2)6(8)4-5-7/h6H,3-5,7-8H2,1-2H3. The predicted octanol–water partition coefficient (Wildman–Crippen LogP) is -0.428. The van der Waals surface area contributed by atoms with Crippen LogP contribution in [0.15, 0.2) is 0 Å². The van der Waals surface area contributed by atoms with Gasteiger partial charge in [0.25, 0.3) is 0 Å². The minimum Gasteiger partial charge on any atom is -0.330 e. The van der Waals surface area contributed by atoms with E-state index in [1.807, 2.05) is 7.05 Å². The molecule has 0 radical (unpaired) electrons. The van der Waals surface area contributed by atoms with Crippen LogP contribution in [0.25, 0.3) is 0 Å². The molecular weight excluding hydrogens is 114 g/mol. The van der Waals surface area contributed by atoms with E-state index in [1.54, 1.807) is 0 Å². The normalized spacial score (nSPS) is 14.3. The number of hydrogen-bond donors (Lipinski definition) is 2. The largest absolute Gasteiger partial charge is 0.330 e. The lowest BCUT2D eigenvalue weighted by Gasteiger charge is -2.21. The predicted molar refractivity (Wildman–Crippen MR) is 40.0 cm³/mol. The van der Waals surface area contributed by atoms with Crippen LogP contribution in [0, 0.1) is 0 Å². The Morgan fingerprint density at radius 3 is 2.44 bits per heavy atom. The summed E-state index contributed by atoms with van der Waals surface area (Å²) in [6.45, 7) is 3.74. The van der Waals surface area contributed by atoms with Crippen LogP contribution < -0.4 is 11.5 Å². The van der Waals surface area contributed by atoms with Crippen LogP contribution in [-0.4, -0.2) is 31.2 Å². The van der Waals surface area contributed by atoms with E-state index in [1.165, 1.54) is 0 Å². The Morgan fingerprint density at radius 1 is 1.56 bits per heavy atom. The molecular formula is C6H17N3. The van der Waals surface area contributed by atoms with E-state index in [2.05, 4.69) is 11.8 Å². The maximum atomic E-state index is 5.68. The van der Waals surface area contributed by atoms with Crippen molar-refractivity contribution in [2.24, 2.45) is 11.5 Å². The molecule has 0 heterocycles. The van der Waals surface area contributed by atoms with Crippen LogP contribution >= 0.6 is 0 Å². The molecule has 0 bridgehead atoms. The molecule has 0 fully saturated rings.